The van der Waals surface area contributed by atoms with E-state index >= 15 is 0 Å². The smallest absolute Gasteiger partial charge is 0.263 e. The van der Waals surface area contributed by atoms with Crippen molar-refractivity contribution in [2.45, 2.75) is 65.3 Å². The normalized spacial score (nSPS) is 12.6. The molecular weight excluding hydrogens is 244 g/mol. The Labute approximate surface area is 114 Å². The molecule has 0 aliphatic rings. The van der Waals surface area contributed by atoms with Gasteiger partial charge in [-0.05, 0) is 20.3 Å². The Bertz CT molecular complexity index is 416. The number of carbonyl (C=O) groups excluding carboxylic acids is 1. The summed E-state index contributed by atoms with van der Waals surface area (Å²) < 4.78 is 0. The van der Waals surface area contributed by atoms with Crippen molar-refractivity contribution in [1.29, 1.82) is 0 Å². The first-order valence-corrected chi connectivity index (χ1v) is 7.26. The summed E-state index contributed by atoms with van der Waals surface area (Å²) in [7, 11) is 0. The molecule has 0 atom stereocenters. The molecule has 1 aromatic rings. The highest BCUT2D eigenvalue weighted by Gasteiger charge is 2.24. The number of amides is 1. The standard InChI is InChI=1S/C14H24N2OS/c1-7-8-14(5,6)16-11(17)10-9-15-12(18-10)13(2,3)4/h9H,7-8H2,1-6H3,(H,16,17). The number of nitrogens with zero attached hydrogens (tertiary/aromatic N) is 1. The lowest BCUT2D eigenvalue weighted by Gasteiger charge is -2.25. The van der Waals surface area contributed by atoms with Crippen LogP contribution in [0.1, 0.15) is 69.1 Å². The van der Waals surface area contributed by atoms with E-state index in [4.69, 9.17) is 0 Å². The van der Waals surface area contributed by atoms with Crippen molar-refractivity contribution in [3.63, 3.8) is 0 Å². The largest absolute Gasteiger partial charge is 0.346 e. The average molecular weight is 268 g/mol. The fourth-order valence-electron chi connectivity index (χ4n) is 1.78. The van der Waals surface area contributed by atoms with E-state index in [0.29, 0.717) is 4.88 Å². The SMILES string of the molecule is CCCC(C)(C)NC(=O)c1cnc(C(C)(C)C)s1. The summed E-state index contributed by atoms with van der Waals surface area (Å²) >= 11 is 1.48. The zero-order valence-electron chi connectivity index (χ0n) is 12.3. The van der Waals surface area contributed by atoms with E-state index in [1.807, 2.05) is 0 Å². The third kappa shape index (κ3) is 4.09. The van der Waals surface area contributed by atoms with Gasteiger partial charge in [0.15, 0.2) is 0 Å². The Kier molecular flexibility index (Phi) is 4.54. The second kappa shape index (κ2) is 5.39. The maximum atomic E-state index is 12.1. The Hall–Kier alpha value is -0.900. The van der Waals surface area contributed by atoms with E-state index in [-0.39, 0.29) is 16.9 Å². The number of hydrogen-bond acceptors (Lipinski definition) is 3. The Morgan fingerprint density at radius 1 is 1.33 bits per heavy atom. The van der Waals surface area contributed by atoms with Gasteiger partial charge in [-0.25, -0.2) is 4.98 Å². The van der Waals surface area contributed by atoms with Gasteiger partial charge in [0.05, 0.1) is 11.2 Å². The predicted molar refractivity (Wildman–Crippen MR) is 77.3 cm³/mol. The van der Waals surface area contributed by atoms with Crippen LogP contribution in [0, 0.1) is 0 Å². The van der Waals surface area contributed by atoms with E-state index < -0.39 is 0 Å². The van der Waals surface area contributed by atoms with Crippen molar-refractivity contribution < 1.29 is 4.79 Å². The molecule has 0 fully saturated rings. The molecule has 0 bridgehead atoms. The molecule has 0 spiro atoms. The van der Waals surface area contributed by atoms with Crippen molar-refractivity contribution in [2.24, 2.45) is 0 Å². The molecule has 1 aromatic heterocycles. The van der Waals surface area contributed by atoms with Crippen LogP contribution in [0.5, 0.6) is 0 Å². The molecule has 1 rings (SSSR count). The average Bonchev–Trinajstić information content (AvgIpc) is 2.63. The molecule has 102 valence electrons. The molecule has 18 heavy (non-hydrogen) atoms. The highest BCUT2D eigenvalue weighted by Crippen LogP contribution is 2.27. The summed E-state index contributed by atoms with van der Waals surface area (Å²) in [5, 5.41) is 4.07. The Balaban J connectivity index is 2.77. The zero-order valence-corrected chi connectivity index (χ0v) is 13.1. The molecule has 0 saturated carbocycles. The van der Waals surface area contributed by atoms with Crippen LogP contribution in [0.3, 0.4) is 0 Å². The monoisotopic (exact) mass is 268 g/mol. The third-order valence-electron chi connectivity index (χ3n) is 2.70. The van der Waals surface area contributed by atoms with Gasteiger partial charge in [0.1, 0.15) is 4.88 Å². The first-order chi connectivity index (χ1) is 8.15. The minimum Gasteiger partial charge on any atom is -0.346 e. The maximum Gasteiger partial charge on any atom is 0.263 e. The van der Waals surface area contributed by atoms with Crippen LogP contribution in [0.2, 0.25) is 0 Å². The number of carbonyl (C=O) groups is 1. The van der Waals surface area contributed by atoms with Gasteiger partial charge in [-0.1, -0.05) is 34.1 Å². The molecule has 1 heterocycles. The molecule has 0 unspecified atom stereocenters. The van der Waals surface area contributed by atoms with E-state index in [1.54, 1.807) is 6.20 Å². The molecule has 0 radical (unpaired) electrons. The zero-order chi connectivity index (χ0) is 14.0. The molecule has 0 saturated heterocycles. The fourth-order valence-corrected chi connectivity index (χ4v) is 2.65. The topological polar surface area (TPSA) is 42.0 Å². The number of aromatic nitrogens is 1. The number of nitrogens with one attached hydrogen (secondary N) is 1. The van der Waals surface area contributed by atoms with Gasteiger partial charge in [0.2, 0.25) is 0 Å². The quantitative estimate of drug-likeness (QED) is 0.903. The lowest BCUT2D eigenvalue weighted by atomic mass is 9.98. The lowest BCUT2D eigenvalue weighted by Crippen LogP contribution is -2.42. The first-order valence-electron chi connectivity index (χ1n) is 6.44. The fraction of sp³-hybridized carbons (Fsp3) is 0.714. The highest BCUT2D eigenvalue weighted by molar-refractivity contribution is 7.13. The van der Waals surface area contributed by atoms with Gasteiger partial charge in [-0.15, -0.1) is 11.3 Å². The van der Waals surface area contributed by atoms with E-state index in [9.17, 15) is 4.79 Å². The van der Waals surface area contributed by atoms with E-state index in [1.165, 1.54) is 11.3 Å². The molecule has 0 aliphatic carbocycles. The van der Waals surface area contributed by atoms with Crippen LogP contribution in [0.15, 0.2) is 6.20 Å². The predicted octanol–water partition coefficient (Wildman–Crippen LogP) is 3.75. The van der Waals surface area contributed by atoms with Crippen molar-refractivity contribution >= 4 is 17.2 Å². The van der Waals surface area contributed by atoms with Crippen LogP contribution < -0.4 is 5.32 Å². The first kappa shape index (κ1) is 15.2. The summed E-state index contributed by atoms with van der Waals surface area (Å²) in [6, 6.07) is 0. The maximum absolute atomic E-state index is 12.1. The van der Waals surface area contributed by atoms with Crippen molar-refractivity contribution in [3.05, 3.63) is 16.1 Å². The molecule has 1 amide bonds. The van der Waals surface area contributed by atoms with Gasteiger partial charge < -0.3 is 5.32 Å². The highest BCUT2D eigenvalue weighted by atomic mass is 32.1. The summed E-state index contributed by atoms with van der Waals surface area (Å²) in [6.45, 7) is 12.6. The van der Waals surface area contributed by atoms with Crippen LogP contribution in [0.4, 0.5) is 0 Å². The van der Waals surface area contributed by atoms with Crippen LogP contribution >= 0.6 is 11.3 Å². The summed E-state index contributed by atoms with van der Waals surface area (Å²) in [5.41, 5.74) is -0.153. The van der Waals surface area contributed by atoms with Crippen LogP contribution in [0.25, 0.3) is 0 Å². The van der Waals surface area contributed by atoms with E-state index in [0.717, 1.165) is 17.8 Å². The molecule has 3 nitrogen and oxygen atoms in total. The Morgan fingerprint density at radius 2 is 1.94 bits per heavy atom. The molecule has 0 aliphatic heterocycles. The summed E-state index contributed by atoms with van der Waals surface area (Å²) in [6.07, 6.45) is 3.72. The van der Waals surface area contributed by atoms with Crippen molar-refractivity contribution in [1.82, 2.24) is 10.3 Å². The van der Waals surface area contributed by atoms with Crippen LogP contribution in [-0.2, 0) is 5.41 Å². The minimum atomic E-state index is -0.155. The van der Waals surface area contributed by atoms with Gasteiger partial charge in [0, 0.05) is 11.0 Å². The minimum absolute atomic E-state index is 0.00212. The van der Waals surface area contributed by atoms with Gasteiger partial charge in [0.25, 0.3) is 5.91 Å². The van der Waals surface area contributed by atoms with Gasteiger partial charge in [-0.3, -0.25) is 4.79 Å². The molecule has 0 aromatic carbocycles. The molecule has 1 N–H and O–H groups in total. The third-order valence-corrected chi connectivity index (χ3v) is 4.12. The number of thiazole rings is 1. The van der Waals surface area contributed by atoms with Gasteiger partial charge in [-0.2, -0.15) is 0 Å². The summed E-state index contributed by atoms with van der Waals surface area (Å²) in [5.74, 6) is -0.0125. The van der Waals surface area contributed by atoms with Gasteiger partial charge >= 0.3 is 0 Å². The Morgan fingerprint density at radius 3 is 2.39 bits per heavy atom. The molecular formula is C14H24N2OS. The lowest BCUT2D eigenvalue weighted by molar-refractivity contribution is 0.0913. The second-order valence-corrected chi connectivity index (χ2v) is 7.40. The summed E-state index contributed by atoms with van der Waals surface area (Å²) in [4.78, 5) is 17.2. The number of hydrogen-bond donors (Lipinski definition) is 1. The van der Waals surface area contributed by atoms with Crippen LogP contribution in [-0.4, -0.2) is 16.4 Å². The van der Waals surface area contributed by atoms with Crippen molar-refractivity contribution in [2.75, 3.05) is 0 Å². The second-order valence-electron chi connectivity index (χ2n) is 6.37. The van der Waals surface area contributed by atoms with Crippen molar-refractivity contribution in [3.8, 4) is 0 Å². The number of rotatable bonds is 4. The molecule has 4 heteroatoms. The van der Waals surface area contributed by atoms with E-state index in [2.05, 4.69) is 51.8 Å².